The number of hydrogen-bond acceptors (Lipinski definition) is 4. The van der Waals surface area contributed by atoms with Crippen LogP contribution >= 0.6 is 0 Å². The lowest BCUT2D eigenvalue weighted by molar-refractivity contribution is -0.122. The number of benzene rings is 2. The minimum Gasteiger partial charge on any atom is -0.391 e. The fourth-order valence-electron chi connectivity index (χ4n) is 4.31. The van der Waals surface area contributed by atoms with Crippen LogP contribution in [0.15, 0.2) is 60.7 Å². The van der Waals surface area contributed by atoms with E-state index in [-0.39, 0.29) is 23.9 Å². The zero-order chi connectivity index (χ0) is 23.6. The molecule has 7 nitrogen and oxygen atoms in total. The van der Waals surface area contributed by atoms with Crippen molar-refractivity contribution in [3.63, 3.8) is 0 Å². The summed E-state index contributed by atoms with van der Waals surface area (Å²) in [6.07, 6.45) is 1.14. The molecule has 1 fully saturated rings. The van der Waals surface area contributed by atoms with Crippen LogP contribution in [-0.4, -0.2) is 59.8 Å². The Hall–Kier alpha value is -2.90. The van der Waals surface area contributed by atoms with Gasteiger partial charge in [-0.25, -0.2) is 4.79 Å². The van der Waals surface area contributed by atoms with E-state index in [1.807, 2.05) is 67.6 Å². The van der Waals surface area contributed by atoms with Crippen LogP contribution in [0.3, 0.4) is 0 Å². The Balaban J connectivity index is 1.57. The molecular weight excluding hydrogens is 416 g/mol. The average Bonchev–Trinajstić information content (AvgIpc) is 3.19. The minimum atomic E-state index is -0.745. The maximum atomic E-state index is 12.8. The first-order chi connectivity index (χ1) is 15.9. The van der Waals surface area contributed by atoms with Gasteiger partial charge in [-0.1, -0.05) is 67.6 Å². The molecule has 7 heteroatoms. The molecule has 178 valence electrons. The van der Waals surface area contributed by atoms with E-state index in [9.17, 15) is 14.7 Å². The predicted octanol–water partition coefficient (Wildman–Crippen LogP) is 2.09. The van der Waals surface area contributed by atoms with Crippen LogP contribution in [0.1, 0.15) is 30.9 Å². The van der Waals surface area contributed by atoms with E-state index in [4.69, 9.17) is 5.73 Å². The molecule has 3 rings (SSSR count). The number of aliphatic hydroxyl groups excluding tert-OH is 1. The second-order valence-electron chi connectivity index (χ2n) is 9.10. The van der Waals surface area contributed by atoms with Gasteiger partial charge in [0.15, 0.2) is 0 Å². The summed E-state index contributed by atoms with van der Waals surface area (Å²) in [6.45, 7) is 3.85. The molecule has 0 radical (unpaired) electrons. The second-order valence-corrected chi connectivity index (χ2v) is 9.10. The zero-order valence-electron chi connectivity index (χ0n) is 19.3. The first-order valence-electron chi connectivity index (χ1n) is 11.7. The molecule has 0 bridgehead atoms. The molecule has 2 aromatic rings. The lowest BCUT2D eigenvalue weighted by Crippen LogP contribution is -2.45. The molecule has 4 atom stereocenters. The quantitative estimate of drug-likeness (QED) is 0.395. The van der Waals surface area contributed by atoms with Gasteiger partial charge in [0, 0.05) is 38.1 Å². The number of carbonyl (C=O) groups excluding carboxylic acids is 2. The fourth-order valence-corrected chi connectivity index (χ4v) is 4.31. The largest absolute Gasteiger partial charge is 0.391 e. The normalized spacial score (nSPS) is 17.2. The third-order valence-electron chi connectivity index (χ3n) is 6.04. The highest BCUT2D eigenvalue weighted by molar-refractivity contribution is 5.77. The number of nitrogens with zero attached hydrogens (tertiary/aromatic N) is 1. The summed E-state index contributed by atoms with van der Waals surface area (Å²) in [5.41, 5.74) is 8.47. The van der Waals surface area contributed by atoms with Crippen molar-refractivity contribution in [2.24, 2.45) is 11.7 Å². The summed E-state index contributed by atoms with van der Waals surface area (Å²) in [6, 6.07) is 19.1. The van der Waals surface area contributed by atoms with Gasteiger partial charge in [0.25, 0.3) is 0 Å². The fraction of sp³-hybridized carbons (Fsp3) is 0.462. The Labute approximate surface area is 196 Å². The van der Waals surface area contributed by atoms with Crippen molar-refractivity contribution in [3.05, 3.63) is 71.8 Å². The topological polar surface area (TPSA) is 108 Å². The maximum Gasteiger partial charge on any atom is 0.317 e. The van der Waals surface area contributed by atoms with E-state index in [2.05, 4.69) is 10.6 Å². The Kier molecular flexibility index (Phi) is 9.27. The van der Waals surface area contributed by atoms with Crippen molar-refractivity contribution in [3.8, 4) is 0 Å². The molecule has 1 aliphatic rings. The molecule has 1 unspecified atom stereocenters. The first-order valence-corrected chi connectivity index (χ1v) is 11.7. The minimum absolute atomic E-state index is 0.0384. The zero-order valence-corrected chi connectivity index (χ0v) is 19.3. The van der Waals surface area contributed by atoms with Crippen LogP contribution in [0.25, 0.3) is 0 Å². The van der Waals surface area contributed by atoms with Crippen LogP contribution in [0.5, 0.6) is 0 Å². The molecular formula is C26H36N4O3. The van der Waals surface area contributed by atoms with E-state index < -0.39 is 12.1 Å². The third-order valence-corrected chi connectivity index (χ3v) is 6.04. The van der Waals surface area contributed by atoms with Gasteiger partial charge in [-0.3, -0.25) is 4.79 Å². The Bertz CT molecular complexity index is 878. The number of rotatable bonds is 12. The van der Waals surface area contributed by atoms with Crippen LogP contribution in [0.2, 0.25) is 0 Å². The first kappa shape index (κ1) is 24.7. The van der Waals surface area contributed by atoms with Crippen LogP contribution in [0, 0.1) is 5.92 Å². The number of urea groups is 1. The van der Waals surface area contributed by atoms with Crippen molar-refractivity contribution in [2.45, 2.75) is 50.8 Å². The number of hydrogen-bond donors (Lipinski definition) is 4. The monoisotopic (exact) mass is 452 g/mol. The molecule has 1 aliphatic heterocycles. The Morgan fingerprint density at radius 2 is 1.70 bits per heavy atom. The van der Waals surface area contributed by atoms with Gasteiger partial charge in [-0.2, -0.15) is 0 Å². The number of nitrogens with two attached hydrogens (primary N) is 1. The van der Waals surface area contributed by atoms with E-state index in [1.54, 1.807) is 4.90 Å². The molecule has 1 saturated heterocycles. The highest BCUT2D eigenvalue weighted by Crippen LogP contribution is 2.14. The van der Waals surface area contributed by atoms with Gasteiger partial charge in [-0.15, -0.1) is 0 Å². The summed E-state index contributed by atoms with van der Waals surface area (Å²) >= 11 is 0. The lowest BCUT2D eigenvalue weighted by Gasteiger charge is -2.26. The molecule has 0 saturated carbocycles. The summed E-state index contributed by atoms with van der Waals surface area (Å²) in [5.74, 6) is -0.0386. The highest BCUT2D eigenvalue weighted by Gasteiger charge is 2.25. The molecule has 0 spiro atoms. The summed E-state index contributed by atoms with van der Waals surface area (Å²) in [5, 5.41) is 16.7. The summed E-state index contributed by atoms with van der Waals surface area (Å²) < 4.78 is 0. The van der Waals surface area contributed by atoms with Crippen molar-refractivity contribution >= 4 is 11.9 Å². The predicted molar refractivity (Wildman–Crippen MR) is 130 cm³/mol. The number of carbonyl (C=O) groups is 2. The molecule has 3 amide bonds. The maximum absolute atomic E-state index is 12.8. The van der Waals surface area contributed by atoms with Gasteiger partial charge < -0.3 is 26.4 Å². The van der Waals surface area contributed by atoms with Crippen LogP contribution < -0.4 is 16.4 Å². The van der Waals surface area contributed by atoms with Crippen molar-refractivity contribution < 1.29 is 14.7 Å². The Morgan fingerprint density at radius 1 is 1.09 bits per heavy atom. The van der Waals surface area contributed by atoms with Gasteiger partial charge in [0.05, 0.1) is 6.10 Å². The standard InChI is InChI=1S/C26H36N4O3/c1-19(18-30-13-12-28-26(30)33)14-25(32)29-22(15-20-8-4-2-5-9-20)17-24(31)23(27)16-21-10-6-3-7-11-21/h2-11,19,22-24,31H,12-18,27H2,1H3,(H,28,33)(H,29,32)/t19?,22-,23-,24-/m0/s1. The van der Waals surface area contributed by atoms with Gasteiger partial charge in [0.1, 0.15) is 0 Å². The average molecular weight is 453 g/mol. The molecule has 0 aromatic heterocycles. The SMILES string of the molecule is CC(CC(=O)N[C@@H](Cc1ccccc1)C[C@H](O)[C@@H](N)Cc1ccccc1)CN1CCNC1=O. The number of aliphatic hydroxyl groups is 1. The number of nitrogens with one attached hydrogen (secondary N) is 2. The molecule has 2 aromatic carbocycles. The van der Waals surface area contributed by atoms with E-state index in [1.165, 1.54) is 0 Å². The van der Waals surface area contributed by atoms with Gasteiger partial charge >= 0.3 is 6.03 Å². The van der Waals surface area contributed by atoms with Gasteiger partial charge in [0.2, 0.25) is 5.91 Å². The highest BCUT2D eigenvalue weighted by atomic mass is 16.3. The van der Waals surface area contributed by atoms with Crippen molar-refractivity contribution in [1.82, 2.24) is 15.5 Å². The third kappa shape index (κ3) is 8.18. The van der Waals surface area contributed by atoms with Crippen molar-refractivity contribution in [2.75, 3.05) is 19.6 Å². The lowest BCUT2D eigenvalue weighted by atomic mass is 9.94. The summed E-state index contributed by atoms with van der Waals surface area (Å²) in [7, 11) is 0. The summed E-state index contributed by atoms with van der Waals surface area (Å²) in [4.78, 5) is 26.3. The smallest absolute Gasteiger partial charge is 0.317 e. The van der Waals surface area contributed by atoms with E-state index >= 15 is 0 Å². The molecule has 1 heterocycles. The van der Waals surface area contributed by atoms with Crippen molar-refractivity contribution in [1.29, 1.82) is 0 Å². The van der Waals surface area contributed by atoms with E-state index in [0.717, 1.165) is 11.1 Å². The van der Waals surface area contributed by atoms with Crippen LogP contribution in [-0.2, 0) is 17.6 Å². The molecule has 0 aliphatic carbocycles. The second kappa shape index (κ2) is 12.4. The molecule has 33 heavy (non-hydrogen) atoms. The van der Waals surface area contributed by atoms with Crippen LogP contribution in [0.4, 0.5) is 4.79 Å². The molecule has 5 N–H and O–H groups in total. The Morgan fingerprint density at radius 3 is 2.27 bits per heavy atom. The van der Waals surface area contributed by atoms with Gasteiger partial charge in [-0.05, 0) is 36.3 Å². The van der Waals surface area contributed by atoms with E-state index in [0.29, 0.717) is 45.3 Å². The number of amides is 3.